The van der Waals surface area contributed by atoms with Crippen molar-refractivity contribution in [1.29, 1.82) is 0 Å². The number of aromatic carboxylic acids is 1. The van der Waals surface area contributed by atoms with Crippen molar-refractivity contribution in [3.8, 4) is 11.5 Å². The molecular weight excluding hydrogens is 249 g/mol. The van der Waals surface area contributed by atoms with Crippen LogP contribution in [-0.4, -0.2) is 16.1 Å². The molecule has 2 rings (SSSR count). The minimum absolute atomic E-state index is 0.0857. The minimum atomic E-state index is -1.17. The fourth-order valence-corrected chi connectivity index (χ4v) is 1.82. The number of benzene rings is 1. The number of carbonyl (C=O) groups is 1. The SMILES string of the molecule is Cc1ccc(F)cc1-c1nc(C(C)C)c(C(=O)O)o1. The molecular formula is C14H14FNO3. The smallest absolute Gasteiger partial charge is 0.373 e. The lowest BCUT2D eigenvalue weighted by Crippen LogP contribution is -2.01. The van der Waals surface area contributed by atoms with E-state index in [4.69, 9.17) is 9.52 Å². The number of carboxylic acids is 1. The second-order valence-corrected chi connectivity index (χ2v) is 4.65. The summed E-state index contributed by atoms with van der Waals surface area (Å²) in [6, 6.07) is 4.23. The normalized spacial score (nSPS) is 11.0. The van der Waals surface area contributed by atoms with Gasteiger partial charge in [-0.25, -0.2) is 14.2 Å². The van der Waals surface area contributed by atoms with Crippen molar-refractivity contribution in [2.45, 2.75) is 26.7 Å². The highest BCUT2D eigenvalue weighted by Gasteiger charge is 2.23. The van der Waals surface area contributed by atoms with E-state index in [2.05, 4.69) is 4.98 Å². The molecule has 1 aromatic carbocycles. The van der Waals surface area contributed by atoms with Gasteiger partial charge >= 0.3 is 5.97 Å². The van der Waals surface area contributed by atoms with Crippen LogP contribution in [0.2, 0.25) is 0 Å². The first-order valence-electron chi connectivity index (χ1n) is 5.90. The highest BCUT2D eigenvalue weighted by atomic mass is 19.1. The Hall–Kier alpha value is -2.17. The van der Waals surface area contributed by atoms with E-state index in [9.17, 15) is 9.18 Å². The number of carboxylic acid groups (broad SMARTS) is 1. The second-order valence-electron chi connectivity index (χ2n) is 4.65. The molecule has 0 saturated carbocycles. The van der Waals surface area contributed by atoms with Crippen LogP contribution in [0.4, 0.5) is 4.39 Å². The molecule has 2 aromatic rings. The Bertz CT molecular complexity index is 632. The fourth-order valence-electron chi connectivity index (χ4n) is 1.82. The molecule has 0 unspecified atom stereocenters. The molecule has 100 valence electrons. The van der Waals surface area contributed by atoms with Gasteiger partial charge in [0.15, 0.2) is 0 Å². The maximum absolute atomic E-state index is 13.3. The van der Waals surface area contributed by atoms with Crippen LogP contribution in [0.15, 0.2) is 22.6 Å². The topological polar surface area (TPSA) is 63.3 Å². The van der Waals surface area contributed by atoms with Gasteiger partial charge in [0, 0.05) is 5.56 Å². The van der Waals surface area contributed by atoms with Crippen LogP contribution in [0.3, 0.4) is 0 Å². The van der Waals surface area contributed by atoms with E-state index in [0.717, 1.165) is 5.56 Å². The quantitative estimate of drug-likeness (QED) is 0.918. The van der Waals surface area contributed by atoms with Crippen LogP contribution in [0, 0.1) is 12.7 Å². The molecule has 1 N–H and O–H groups in total. The molecule has 0 fully saturated rings. The third-order valence-electron chi connectivity index (χ3n) is 2.82. The summed E-state index contributed by atoms with van der Waals surface area (Å²) in [5, 5.41) is 9.09. The first-order chi connectivity index (χ1) is 8.90. The maximum atomic E-state index is 13.3. The van der Waals surface area contributed by atoms with Crippen molar-refractivity contribution in [3.63, 3.8) is 0 Å². The molecule has 0 aliphatic rings. The maximum Gasteiger partial charge on any atom is 0.373 e. The second kappa shape index (κ2) is 4.84. The van der Waals surface area contributed by atoms with Gasteiger partial charge in [0.05, 0.1) is 5.69 Å². The van der Waals surface area contributed by atoms with E-state index >= 15 is 0 Å². The Kier molecular flexibility index (Phi) is 3.38. The van der Waals surface area contributed by atoms with Gasteiger partial charge in [0.2, 0.25) is 11.7 Å². The summed E-state index contributed by atoms with van der Waals surface area (Å²) in [4.78, 5) is 15.3. The number of hydrogen-bond donors (Lipinski definition) is 1. The van der Waals surface area contributed by atoms with Gasteiger partial charge in [-0.3, -0.25) is 0 Å². The standard InChI is InChI=1S/C14H14FNO3/c1-7(2)11-12(14(17)18)19-13(16-11)10-6-9(15)5-4-8(10)3/h4-7H,1-3H3,(H,17,18). The molecule has 0 amide bonds. The summed E-state index contributed by atoms with van der Waals surface area (Å²) in [7, 11) is 0. The summed E-state index contributed by atoms with van der Waals surface area (Å²) in [5.74, 6) is -1.72. The number of nitrogens with zero attached hydrogens (tertiary/aromatic N) is 1. The van der Waals surface area contributed by atoms with Crippen molar-refractivity contribution < 1.29 is 18.7 Å². The van der Waals surface area contributed by atoms with Crippen molar-refractivity contribution in [3.05, 3.63) is 41.0 Å². The zero-order valence-corrected chi connectivity index (χ0v) is 10.9. The molecule has 0 spiro atoms. The Morgan fingerprint density at radius 3 is 2.63 bits per heavy atom. The molecule has 0 aliphatic carbocycles. The van der Waals surface area contributed by atoms with E-state index in [1.54, 1.807) is 13.0 Å². The lowest BCUT2D eigenvalue weighted by Gasteiger charge is -2.00. The highest BCUT2D eigenvalue weighted by molar-refractivity contribution is 5.86. The summed E-state index contributed by atoms with van der Waals surface area (Å²) in [6.07, 6.45) is 0. The van der Waals surface area contributed by atoms with Gasteiger partial charge in [0.25, 0.3) is 0 Å². The minimum Gasteiger partial charge on any atom is -0.475 e. The predicted molar refractivity (Wildman–Crippen MR) is 67.7 cm³/mol. The lowest BCUT2D eigenvalue weighted by molar-refractivity contribution is 0.0661. The van der Waals surface area contributed by atoms with Gasteiger partial charge in [-0.2, -0.15) is 0 Å². The van der Waals surface area contributed by atoms with Gasteiger partial charge < -0.3 is 9.52 Å². The molecule has 1 heterocycles. The molecule has 0 saturated heterocycles. The molecule has 0 atom stereocenters. The summed E-state index contributed by atoms with van der Waals surface area (Å²) in [6.45, 7) is 5.44. The van der Waals surface area contributed by atoms with E-state index in [1.165, 1.54) is 12.1 Å². The molecule has 5 heteroatoms. The van der Waals surface area contributed by atoms with Gasteiger partial charge in [-0.1, -0.05) is 19.9 Å². The summed E-state index contributed by atoms with van der Waals surface area (Å²) < 4.78 is 18.6. The van der Waals surface area contributed by atoms with Gasteiger partial charge in [-0.05, 0) is 30.5 Å². The number of aromatic nitrogens is 1. The Balaban J connectivity index is 2.60. The van der Waals surface area contributed by atoms with Crippen LogP contribution in [-0.2, 0) is 0 Å². The fraction of sp³-hybridized carbons (Fsp3) is 0.286. The van der Waals surface area contributed by atoms with E-state index < -0.39 is 11.8 Å². The zero-order valence-electron chi connectivity index (χ0n) is 10.9. The molecule has 19 heavy (non-hydrogen) atoms. The number of hydrogen-bond acceptors (Lipinski definition) is 3. The van der Waals surface area contributed by atoms with E-state index in [0.29, 0.717) is 11.3 Å². The van der Waals surface area contributed by atoms with Crippen molar-refractivity contribution in [2.75, 3.05) is 0 Å². The average molecular weight is 263 g/mol. The summed E-state index contributed by atoms with van der Waals surface area (Å²) >= 11 is 0. The van der Waals surface area contributed by atoms with E-state index in [1.807, 2.05) is 13.8 Å². The first kappa shape index (κ1) is 13.3. The van der Waals surface area contributed by atoms with Crippen LogP contribution in [0.1, 0.15) is 41.6 Å². The Morgan fingerprint density at radius 2 is 2.11 bits per heavy atom. The van der Waals surface area contributed by atoms with Crippen LogP contribution in [0.5, 0.6) is 0 Å². The number of aryl methyl sites for hydroxylation is 1. The Labute approximate surface area is 109 Å². The van der Waals surface area contributed by atoms with Crippen molar-refractivity contribution in [1.82, 2.24) is 4.98 Å². The van der Waals surface area contributed by atoms with Crippen LogP contribution >= 0.6 is 0 Å². The number of halogens is 1. The van der Waals surface area contributed by atoms with Gasteiger partial charge in [0.1, 0.15) is 5.82 Å². The zero-order chi connectivity index (χ0) is 14.2. The largest absolute Gasteiger partial charge is 0.475 e. The average Bonchev–Trinajstić information content (AvgIpc) is 2.77. The van der Waals surface area contributed by atoms with Crippen molar-refractivity contribution >= 4 is 5.97 Å². The molecule has 4 nitrogen and oxygen atoms in total. The highest BCUT2D eigenvalue weighted by Crippen LogP contribution is 2.29. The third-order valence-corrected chi connectivity index (χ3v) is 2.82. The number of rotatable bonds is 3. The monoisotopic (exact) mass is 263 g/mol. The van der Waals surface area contributed by atoms with Crippen LogP contribution in [0.25, 0.3) is 11.5 Å². The van der Waals surface area contributed by atoms with Gasteiger partial charge in [-0.15, -0.1) is 0 Å². The molecule has 0 radical (unpaired) electrons. The lowest BCUT2D eigenvalue weighted by atomic mass is 10.1. The third kappa shape index (κ3) is 2.50. The molecule has 0 aliphatic heterocycles. The first-order valence-corrected chi connectivity index (χ1v) is 5.90. The number of oxazole rings is 1. The molecule has 0 bridgehead atoms. The van der Waals surface area contributed by atoms with Crippen LogP contribution < -0.4 is 0 Å². The summed E-state index contributed by atoms with van der Waals surface area (Å²) in [5.41, 5.74) is 1.61. The Morgan fingerprint density at radius 1 is 1.42 bits per heavy atom. The van der Waals surface area contributed by atoms with E-state index in [-0.39, 0.29) is 17.6 Å². The van der Waals surface area contributed by atoms with Crippen molar-refractivity contribution in [2.24, 2.45) is 0 Å². The molecule has 1 aromatic heterocycles. The predicted octanol–water partition coefficient (Wildman–Crippen LogP) is 3.61.